The van der Waals surface area contributed by atoms with Crippen molar-refractivity contribution in [3.05, 3.63) is 23.7 Å². The van der Waals surface area contributed by atoms with E-state index in [9.17, 15) is 0 Å². The normalized spacial score (nSPS) is 17.3. The van der Waals surface area contributed by atoms with Gasteiger partial charge in [0.1, 0.15) is 11.5 Å². The summed E-state index contributed by atoms with van der Waals surface area (Å²) in [5, 5.41) is 6.86. The molecule has 0 spiro atoms. The second-order valence-corrected chi connectivity index (χ2v) is 8.67. The van der Waals surface area contributed by atoms with Gasteiger partial charge >= 0.3 is 0 Å². The van der Waals surface area contributed by atoms with E-state index in [1.807, 2.05) is 24.8 Å². The molecule has 0 aromatic carbocycles. The first-order valence-corrected chi connectivity index (χ1v) is 10.6. The minimum atomic E-state index is 0. The molecular formula is C19H35IN4O2S. The van der Waals surface area contributed by atoms with Crippen LogP contribution in [0.4, 0.5) is 0 Å². The topological polar surface area (TPSA) is 62.0 Å². The van der Waals surface area contributed by atoms with Gasteiger partial charge in [0.2, 0.25) is 0 Å². The summed E-state index contributed by atoms with van der Waals surface area (Å²) in [5.74, 6) is 2.80. The first kappa shape index (κ1) is 24.6. The smallest absolute Gasteiger partial charge is 0.191 e. The summed E-state index contributed by atoms with van der Waals surface area (Å²) in [6.45, 7) is 14.2. The molecule has 1 atom stereocenters. The molecule has 2 heterocycles. The summed E-state index contributed by atoms with van der Waals surface area (Å²) in [7, 11) is 0. The van der Waals surface area contributed by atoms with Crippen molar-refractivity contribution in [1.29, 1.82) is 0 Å². The third-order valence-electron chi connectivity index (χ3n) is 4.55. The van der Waals surface area contributed by atoms with Crippen LogP contribution in [0.1, 0.15) is 38.3 Å². The minimum absolute atomic E-state index is 0. The Morgan fingerprint density at radius 1 is 1.30 bits per heavy atom. The van der Waals surface area contributed by atoms with Gasteiger partial charge < -0.3 is 19.8 Å². The molecule has 0 amide bonds. The lowest BCUT2D eigenvalue weighted by molar-refractivity contribution is 0.0124. The number of hydrogen-bond donors (Lipinski definition) is 2. The average molecular weight is 510 g/mol. The largest absolute Gasteiger partial charge is 0.465 e. The Morgan fingerprint density at radius 3 is 2.56 bits per heavy atom. The van der Waals surface area contributed by atoms with Crippen LogP contribution in [0, 0.1) is 6.92 Å². The lowest BCUT2D eigenvalue weighted by atomic mass is 10.1. The molecule has 156 valence electrons. The molecule has 0 radical (unpaired) electrons. The first-order valence-electron chi connectivity index (χ1n) is 9.40. The van der Waals surface area contributed by atoms with Crippen molar-refractivity contribution >= 4 is 41.7 Å². The van der Waals surface area contributed by atoms with E-state index in [4.69, 9.17) is 14.1 Å². The maximum absolute atomic E-state index is 5.94. The van der Waals surface area contributed by atoms with Gasteiger partial charge in [0.15, 0.2) is 5.96 Å². The third-order valence-corrected chi connectivity index (χ3v) is 5.79. The number of ether oxygens (including phenoxy) is 1. The van der Waals surface area contributed by atoms with Crippen molar-refractivity contribution in [2.24, 2.45) is 4.99 Å². The molecule has 1 aromatic rings. The number of morpholine rings is 1. The Hall–Kier alpha value is -0.450. The zero-order valence-electron chi connectivity index (χ0n) is 17.2. The summed E-state index contributed by atoms with van der Waals surface area (Å²) in [6.07, 6.45) is 2.13. The van der Waals surface area contributed by atoms with Crippen LogP contribution in [0.2, 0.25) is 0 Å². The van der Waals surface area contributed by atoms with Gasteiger partial charge in [0.25, 0.3) is 0 Å². The summed E-state index contributed by atoms with van der Waals surface area (Å²) in [6, 6.07) is 4.28. The highest BCUT2D eigenvalue weighted by molar-refractivity contribution is 14.0. The number of aryl methyl sites for hydroxylation is 1. The van der Waals surface area contributed by atoms with Gasteiger partial charge in [-0.3, -0.25) is 9.89 Å². The highest BCUT2D eigenvalue weighted by Gasteiger charge is 2.25. The molecule has 8 heteroatoms. The van der Waals surface area contributed by atoms with Gasteiger partial charge in [-0.2, -0.15) is 11.8 Å². The van der Waals surface area contributed by atoms with E-state index < -0.39 is 0 Å². The number of aliphatic imine (C=N–C) groups is 1. The second-order valence-electron chi connectivity index (χ2n) is 7.15. The van der Waals surface area contributed by atoms with Crippen molar-refractivity contribution < 1.29 is 9.15 Å². The summed E-state index contributed by atoms with van der Waals surface area (Å²) >= 11 is 1.83. The monoisotopic (exact) mass is 510 g/mol. The SMILES string of the molecule is CCNC(=NCC(C)(C)SC)NCC(c1ccc(C)o1)N1CCOCC1.I. The number of rotatable bonds is 8. The van der Waals surface area contributed by atoms with Crippen molar-refractivity contribution in [2.45, 2.75) is 38.5 Å². The minimum Gasteiger partial charge on any atom is -0.465 e. The molecule has 0 bridgehead atoms. The van der Waals surface area contributed by atoms with Crippen LogP contribution < -0.4 is 10.6 Å². The van der Waals surface area contributed by atoms with Crippen molar-refractivity contribution in [1.82, 2.24) is 15.5 Å². The molecule has 1 saturated heterocycles. The molecule has 1 aliphatic rings. The highest BCUT2D eigenvalue weighted by Crippen LogP contribution is 2.23. The van der Waals surface area contributed by atoms with Gasteiger partial charge in [-0.15, -0.1) is 24.0 Å². The van der Waals surface area contributed by atoms with Crippen LogP contribution >= 0.6 is 35.7 Å². The van der Waals surface area contributed by atoms with E-state index in [0.29, 0.717) is 0 Å². The Kier molecular flexibility index (Phi) is 11.1. The highest BCUT2D eigenvalue weighted by atomic mass is 127. The van der Waals surface area contributed by atoms with Crippen LogP contribution in [0.5, 0.6) is 0 Å². The van der Waals surface area contributed by atoms with E-state index in [1.165, 1.54) is 0 Å². The van der Waals surface area contributed by atoms with Crippen molar-refractivity contribution in [3.63, 3.8) is 0 Å². The molecule has 1 unspecified atom stereocenters. The fourth-order valence-electron chi connectivity index (χ4n) is 2.80. The number of furan rings is 1. The number of thioether (sulfide) groups is 1. The summed E-state index contributed by atoms with van der Waals surface area (Å²) < 4.78 is 11.6. The van der Waals surface area contributed by atoms with Crippen LogP contribution in [0.3, 0.4) is 0 Å². The first-order chi connectivity index (χ1) is 12.4. The number of halogens is 1. The Morgan fingerprint density at radius 2 is 2.00 bits per heavy atom. The molecule has 0 aliphatic carbocycles. The molecule has 1 aliphatic heterocycles. The maximum atomic E-state index is 5.94. The fourth-order valence-corrected chi connectivity index (χ4v) is 2.99. The molecular weight excluding hydrogens is 475 g/mol. The zero-order chi connectivity index (χ0) is 19.0. The standard InChI is InChI=1S/C19H34N4O2S.HI/c1-6-20-18(22-14-19(3,4)26-5)21-13-16(17-8-7-15(2)25-17)23-9-11-24-12-10-23;/h7-8,16H,6,9-14H2,1-5H3,(H2,20,21,22);1H. The van der Waals surface area contributed by atoms with Gasteiger partial charge in [0.05, 0.1) is 25.8 Å². The predicted octanol–water partition coefficient (Wildman–Crippen LogP) is 3.28. The quantitative estimate of drug-likeness (QED) is 0.318. The Bertz CT molecular complexity index is 574. The van der Waals surface area contributed by atoms with Gasteiger partial charge in [0, 0.05) is 30.9 Å². The molecule has 0 saturated carbocycles. The molecule has 27 heavy (non-hydrogen) atoms. The lowest BCUT2D eigenvalue weighted by Gasteiger charge is -2.33. The Labute approximate surface area is 185 Å². The van der Waals surface area contributed by atoms with E-state index >= 15 is 0 Å². The molecule has 6 nitrogen and oxygen atoms in total. The van der Waals surface area contributed by atoms with Gasteiger partial charge in [-0.1, -0.05) is 0 Å². The second kappa shape index (κ2) is 12.2. The van der Waals surface area contributed by atoms with Crippen LogP contribution in [0.25, 0.3) is 0 Å². The van der Waals surface area contributed by atoms with E-state index in [2.05, 4.69) is 48.6 Å². The number of guanidine groups is 1. The van der Waals surface area contributed by atoms with E-state index in [1.54, 1.807) is 0 Å². The predicted molar refractivity (Wildman–Crippen MR) is 126 cm³/mol. The number of hydrogen-bond acceptors (Lipinski definition) is 5. The molecule has 2 rings (SSSR count). The van der Waals surface area contributed by atoms with Gasteiger partial charge in [-0.25, -0.2) is 0 Å². The van der Waals surface area contributed by atoms with Crippen LogP contribution in [-0.2, 0) is 4.74 Å². The number of nitrogens with one attached hydrogen (secondary N) is 2. The van der Waals surface area contributed by atoms with Gasteiger partial charge in [-0.05, 0) is 46.1 Å². The maximum Gasteiger partial charge on any atom is 0.191 e. The molecule has 1 fully saturated rings. The van der Waals surface area contributed by atoms with Crippen molar-refractivity contribution in [3.8, 4) is 0 Å². The molecule has 1 aromatic heterocycles. The van der Waals surface area contributed by atoms with Crippen LogP contribution in [-0.4, -0.2) is 67.8 Å². The van der Waals surface area contributed by atoms with E-state index in [0.717, 1.165) is 63.4 Å². The van der Waals surface area contributed by atoms with E-state index in [-0.39, 0.29) is 34.8 Å². The molecule has 2 N–H and O–H groups in total. The van der Waals surface area contributed by atoms with Crippen molar-refractivity contribution in [2.75, 3.05) is 52.2 Å². The zero-order valence-corrected chi connectivity index (χ0v) is 20.4. The summed E-state index contributed by atoms with van der Waals surface area (Å²) in [5.41, 5.74) is 0. The average Bonchev–Trinajstić information content (AvgIpc) is 3.07. The number of nitrogens with zero attached hydrogens (tertiary/aromatic N) is 2. The Balaban J connectivity index is 0.00000364. The fraction of sp³-hybridized carbons (Fsp3) is 0.737. The lowest BCUT2D eigenvalue weighted by Crippen LogP contribution is -2.46. The van der Waals surface area contributed by atoms with Crippen LogP contribution in [0.15, 0.2) is 21.5 Å². The third kappa shape index (κ3) is 8.21. The summed E-state index contributed by atoms with van der Waals surface area (Å²) in [4.78, 5) is 7.19.